The first-order chi connectivity index (χ1) is 15.4. The van der Waals surface area contributed by atoms with Crippen LogP contribution in [0.15, 0.2) is 48.7 Å². The molecule has 0 bridgehead atoms. The van der Waals surface area contributed by atoms with E-state index >= 15 is 0 Å². The van der Waals surface area contributed by atoms with Gasteiger partial charge in [-0.05, 0) is 55.2 Å². The van der Waals surface area contributed by atoms with Gasteiger partial charge in [0.1, 0.15) is 23.1 Å². The number of nitrogens with zero attached hydrogens (tertiary/aromatic N) is 3. The van der Waals surface area contributed by atoms with Crippen molar-refractivity contribution in [2.45, 2.75) is 19.3 Å². The van der Waals surface area contributed by atoms with E-state index < -0.39 is 17.6 Å². The minimum Gasteiger partial charge on any atom is -0.481 e. The van der Waals surface area contributed by atoms with Gasteiger partial charge in [-0.2, -0.15) is 4.98 Å². The maximum Gasteiger partial charge on any atom is 0.303 e. The lowest BCUT2D eigenvalue weighted by atomic mass is 9.93. The minimum absolute atomic E-state index is 0.0194. The molecule has 166 valence electrons. The summed E-state index contributed by atoms with van der Waals surface area (Å²) < 4.78 is 35.5. The molecule has 1 N–H and O–H groups in total. The summed E-state index contributed by atoms with van der Waals surface area (Å²) in [5.74, 6) is -1.41. The van der Waals surface area contributed by atoms with Gasteiger partial charge in [0.15, 0.2) is 5.82 Å². The summed E-state index contributed by atoms with van der Waals surface area (Å²) >= 11 is 5.87. The topological polar surface area (TPSA) is 75.5 Å². The lowest BCUT2D eigenvalue weighted by Crippen LogP contribution is -2.35. The van der Waals surface area contributed by atoms with E-state index in [4.69, 9.17) is 21.4 Å². The molecule has 0 saturated carbocycles. The molecular formula is C23H20ClF2N3O3. The average molecular weight is 460 g/mol. The van der Waals surface area contributed by atoms with E-state index in [1.165, 1.54) is 18.3 Å². The first kappa shape index (κ1) is 22.0. The highest BCUT2D eigenvalue weighted by Gasteiger charge is 2.26. The molecule has 2 aromatic carbocycles. The summed E-state index contributed by atoms with van der Waals surface area (Å²) in [6.07, 6.45) is 2.66. The highest BCUT2D eigenvalue weighted by atomic mass is 35.5. The van der Waals surface area contributed by atoms with Crippen LogP contribution in [0.2, 0.25) is 5.02 Å². The van der Waals surface area contributed by atoms with Crippen molar-refractivity contribution in [3.63, 3.8) is 0 Å². The lowest BCUT2D eigenvalue weighted by Gasteiger charge is -2.33. The zero-order valence-electron chi connectivity index (χ0n) is 17.0. The summed E-state index contributed by atoms with van der Waals surface area (Å²) in [7, 11) is 0. The molecule has 9 heteroatoms. The Morgan fingerprint density at radius 2 is 1.78 bits per heavy atom. The molecule has 1 aromatic heterocycles. The van der Waals surface area contributed by atoms with Gasteiger partial charge >= 0.3 is 5.97 Å². The molecule has 0 aliphatic carbocycles. The van der Waals surface area contributed by atoms with Gasteiger partial charge in [0.25, 0.3) is 0 Å². The van der Waals surface area contributed by atoms with Crippen LogP contribution in [0.5, 0.6) is 11.6 Å². The number of ether oxygens (including phenoxy) is 1. The van der Waals surface area contributed by atoms with Crippen LogP contribution in [0.3, 0.4) is 0 Å². The quantitative estimate of drug-likeness (QED) is 0.520. The number of piperidine rings is 1. The van der Waals surface area contributed by atoms with E-state index in [1.807, 2.05) is 0 Å². The first-order valence-electron chi connectivity index (χ1n) is 10.1. The molecule has 32 heavy (non-hydrogen) atoms. The molecule has 4 rings (SSSR count). The second kappa shape index (κ2) is 9.48. The van der Waals surface area contributed by atoms with Gasteiger partial charge < -0.3 is 14.7 Å². The van der Waals surface area contributed by atoms with Crippen LogP contribution in [-0.4, -0.2) is 34.1 Å². The van der Waals surface area contributed by atoms with Crippen molar-refractivity contribution in [3.05, 3.63) is 65.3 Å². The maximum atomic E-state index is 14.9. The zero-order chi connectivity index (χ0) is 22.7. The average Bonchev–Trinajstić information content (AvgIpc) is 2.76. The first-order valence-corrected chi connectivity index (χ1v) is 10.5. The Balaban J connectivity index is 1.52. The lowest BCUT2D eigenvalue weighted by molar-refractivity contribution is -0.138. The number of rotatable bonds is 6. The normalized spacial score (nSPS) is 14.4. The molecule has 1 aliphatic rings. The molecular weight excluding hydrogens is 440 g/mol. The van der Waals surface area contributed by atoms with Crippen LogP contribution >= 0.6 is 11.6 Å². The van der Waals surface area contributed by atoms with Crippen molar-refractivity contribution >= 4 is 23.3 Å². The van der Waals surface area contributed by atoms with Crippen LogP contribution in [0.25, 0.3) is 11.4 Å². The maximum absolute atomic E-state index is 14.9. The number of carboxylic acids is 1. The van der Waals surface area contributed by atoms with E-state index in [2.05, 4.69) is 9.97 Å². The Labute approximate surface area is 188 Å². The number of carboxylic acid groups (broad SMARTS) is 1. The summed E-state index contributed by atoms with van der Waals surface area (Å²) in [6.45, 7) is 0.790. The third-order valence-electron chi connectivity index (χ3n) is 5.34. The number of benzene rings is 2. The van der Waals surface area contributed by atoms with Crippen LogP contribution in [-0.2, 0) is 4.79 Å². The Morgan fingerprint density at radius 1 is 1.12 bits per heavy atom. The molecule has 2 heterocycles. The summed E-state index contributed by atoms with van der Waals surface area (Å²) in [4.78, 5) is 20.9. The minimum atomic E-state index is -0.854. The molecule has 1 saturated heterocycles. The second-order valence-electron chi connectivity index (χ2n) is 7.59. The second-order valence-corrected chi connectivity index (χ2v) is 8.03. The third kappa shape index (κ3) is 5.13. The number of aromatic nitrogens is 2. The number of hydrogen-bond donors (Lipinski definition) is 1. The molecule has 0 radical (unpaired) electrons. The fraction of sp³-hybridized carbons (Fsp3) is 0.261. The summed E-state index contributed by atoms with van der Waals surface area (Å²) in [5, 5.41) is 9.50. The fourth-order valence-electron chi connectivity index (χ4n) is 3.77. The van der Waals surface area contributed by atoms with Crippen molar-refractivity contribution in [2.75, 3.05) is 18.0 Å². The largest absolute Gasteiger partial charge is 0.481 e. The van der Waals surface area contributed by atoms with Crippen molar-refractivity contribution < 1.29 is 23.4 Å². The van der Waals surface area contributed by atoms with Gasteiger partial charge in [-0.3, -0.25) is 4.79 Å². The number of carbonyl (C=O) groups is 1. The van der Waals surface area contributed by atoms with Gasteiger partial charge in [-0.1, -0.05) is 11.6 Å². The Bertz CT molecular complexity index is 1100. The predicted molar refractivity (Wildman–Crippen MR) is 116 cm³/mol. The number of hydrogen-bond acceptors (Lipinski definition) is 5. The van der Waals surface area contributed by atoms with Gasteiger partial charge in [0, 0.05) is 42.4 Å². The smallest absolute Gasteiger partial charge is 0.303 e. The van der Waals surface area contributed by atoms with Crippen molar-refractivity contribution in [1.82, 2.24) is 9.97 Å². The van der Waals surface area contributed by atoms with Gasteiger partial charge in [0.05, 0.1) is 0 Å². The molecule has 1 fully saturated rings. The Kier molecular flexibility index (Phi) is 6.50. The molecule has 0 amide bonds. The van der Waals surface area contributed by atoms with Crippen molar-refractivity contribution in [1.29, 1.82) is 0 Å². The molecule has 0 spiro atoms. The van der Waals surface area contributed by atoms with Crippen LogP contribution < -0.4 is 9.64 Å². The van der Waals surface area contributed by atoms with Crippen LogP contribution in [0.4, 0.5) is 14.5 Å². The molecule has 0 unspecified atom stereocenters. The highest BCUT2D eigenvalue weighted by molar-refractivity contribution is 6.30. The van der Waals surface area contributed by atoms with Crippen molar-refractivity contribution in [2.24, 2.45) is 5.92 Å². The zero-order valence-corrected chi connectivity index (χ0v) is 17.7. The number of halogens is 3. The number of aliphatic carboxylic acids is 1. The SMILES string of the molecule is O=C(O)CC1CCN(c2c(F)cc(-c3nccc(Oc4ccc(Cl)cc4)n3)cc2F)CC1. The van der Waals surface area contributed by atoms with Crippen LogP contribution in [0.1, 0.15) is 19.3 Å². The van der Waals surface area contributed by atoms with Crippen LogP contribution in [0, 0.1) is 17.6 Å². The van der Waals surface area contributed by atoms with E-state index in [9.17, 15) is 13.6 Å². The Hall–Kier alpha value is -3.26. The highest BCUT2D eigenvalue weighted by Crippen LogP contribution is 2.33. The van der Waals surface area contributed by atoms with E-state index in [1.54, 1.807) is 35.2 Å². The fourth-order valence-corrected chi connectivity index (χ4v) is 3.89. The van der Waals surface area contributed by atoms with Gasteiger partial charge in [-0.25, -0.2) is 13.8 Å². The predicted octanol–water partition coefficient (Wildman–Crippen LogP) is 5.56. The van der Waals surface area contributed by atoms with E-state index in [0.717, 1.165) is 0 Å². The van der Waals surface area contributed by atoms with E-state index in [-0.39, 0.29) is 35.3 Å². The molecule has 6 nitrogen and oxygen atoms in total. The third-order valence-corrected chi connectivity index (χ3v) is 5.59. The van der Waals surface area contributed by atoms with Crippen molar-refractivity contribution in [3.8, 4) is 23.0 Å². The summed E-state index contributed by atoms with van der Waals surface area (Å²) in [5.41, 5.74) is 0.0714. The van der Waals surface area contributed by atoms with Gasteiger partial charge in [-0.15, -0.1) is 0 Å². The van der Waals surface area contributed by atoms with Gasteiger partial charge in [0.2, 0.25) is 5.88 Å². The molecule has 3 aromatic rings. The summed E-state index contributed by atoms with van der Waals surface area (Å²) in [6, 6.07) is 10.6. The number of anilines is 1. The molecule has 1 aliphatic heterocycles. The molecule has 0 atom stereocenters. The van der Waals surface area contributed by atoms with E-state index in [0.29, 0.717) is 36.7 Å². The monoisotopic (exact) mass is 459 g/mol. The standard InChI is InChI=1S/C23H20ClF2N3O3/c24-16-1-3-17(4-2-16)32-20-5-8-27-23(28-20)15-12-18(25)22(19(26)13-15)29-9-6-14(7-10-29)11-21(30)31/h1-5,8,12-14H,6-7,9-11H2,(H,30,31). The Morgan fingerprint density at radius 3 is 2.41 bits per heavy atom.